The Morgan fingerprint density at radius 3 is 2.50 bits per heavy atom. The van der Waals surface area contributed by atoms with Crippen molar-refractivity contribution in [3.05, 3.63) is 12.2 Å². The summed E-state index contributed by atoms with van der Waals surface area (Å²) in [5, 5.41) is 8.88. The maximum atomic E-state index is 10.8. The molecule has 2 heteroatoms. The van der Waals surface area contributed by atoms with E-state index < -0.39 is 5.97 Å². The van der Waals surface area contributed by atoms with Crippen LogP contribution in [0.15, 0.2) is 12.2 Å². The highest BCUT2D eigenvalue weighted by molar-refractivity contribution is 5.68. The minimum Gasteiger partial charge on any atom is -0.481 e. The van der Waals surface area contributed by atoms with Crippen LogP contribution in [0.3, 0.4) is 0 Å². The van der Waals surface area contributed by atoms with E-state index in [1.54, 1.807) is 0 Å². The number of aliphatic carboxylic acids is 1. The highest BCUT2D eigenvalue weighted by Gasteiger charge is 2.41. The lowest BCUT2D eigenvalue weighted by molar-refractivity contribution is -0.139. The molecule has 0 aromatic carbocycles. The van der Waals surface area contributed by atoms with Crippen molar-refractivity contribution in [2.75, 3.05) is 0 Å². The Morgan fingerprint density at radius 1 is 1.43 bits per heavy atom. The lowest BCUT2D eigenvalue weighted by Crippen LogP contribution is -2.35. The molecule has 1 saturated carbocycles. The highest BCUT2D eigenvalue weighted by atomic mass is 16.4. The first-order chi connectivity index (χ1) is 6.28. The van der Waals surface area contributed by atoms with E-state index in [0.717, 1.165) is 24.8 Å². The van der Waals surface area contributed by atoms with Crippen molar-refractivity contribution in [3.8, 4) is 0 Å². The first-order valence-electron chi connectivity index (χ1n) is 5.20. The molecule has 0 bridgehead atoms. The van der Waals surface area contributed by atoms with Crippen LogP contribution in [0.4, 0.5) is 0 Å². The van der Waals surface area contributed by atoms with Gasteiger partial charge in [-0.2, -0.15) is 0 Å². The zero-order valence-corrected chi connectivity index (χ0v) is 9.39. The summed E-state index contributed by atoms with van der Waals surface area (Å²) in [6.45, 7) is 10.5. The van der Waals surface area contributed by atoms with Gasteiger partial charge in [0.15, 0.2) is 0 Å². The molecule has 1 rings (SSSR count). The van der Waals surface area contributed by atoms with Crippen molar-refractivity contribution in [2.45, 2.75) is 46.5 Å². The standard InChI is InChI=1S/C12H20O2/c1-9-11(2,3)6-5-7-12(9,4)8-10(13)14/h1,5-8H2,2-4H3,(H,13,14)/t12-/m0/s1. The summed E-state index contributed by atoms with van der Waals surface area (Å²) in [4.78, 5) is 10.8. The lowest BCUT2D eigenvalue weighted by atomic mass is 9.60. The predicted molar refractivity (Wildman–Crippen MR) is 57.1 cm³/mol. The smallest absolute Gasteiger partial charge is 0.304 e. The van der Waals surface area contributed by atoms with Crippen molar-refractivity contribution in [3.63, 3.8) is 0 Å². The zero-order chi connectivity index (χ0) is 11.0. The van der Waals surface area contributed by atoms with Crippen LogP contribution in [0.25, 0.3) is 0 Å². The lowest BCUT2D eigenvalue weighted by Gasteiger charge is -2.44. The van der Waals surface area contributed by atoms with E-state index in [2.05, 4.69) is 20.4 Å². The molecule has 0 aliphatic heterocycles. The van der Waals surface area contributed by atoms with Gasteiger partial charge in [-0.1, -0.05) is 39.3 Å². The molecule has 1 N–H and O–H groups in total. The van der Waals surface area contributed by atoms with E-state index in [9.17, 15) is 4.79 Å². The second-order valence-corrected chi connectivity index (χ2v) is 5.35. The van der Waals surface area contributed by atoms with E-state index in [1.165, 1.54) is 0 Å². The molecule has 1 aliphatic carbocycles. The molecule has 1 fully saturated rings. The van der Waals surface area contributed by atoms with Gasteiger partial charge in [-0.3, -0.25) is 4.79 Å². The first kappa shape index (κ1) is 11.3. The molecule has 0 saturated heterocycles. The maximum Gasteiger partial charge on any atom is 0.304 e. The fourth-order valence-corrected chi connectivity index (χ4v) is 2.57. The van der Waals surface area contributed by atoms with Crippen LogP contribution in [0.1, 0.15) is 46.5 Å². The predicted octanol–water partition coefficient (Wildman–Crippen LogP) is 3.23. The summed E-state index contributed by atoms with van der Waals surface area (Å²) in [5.41, 5.74) is 1.01. The molecule has 1 atom stereocenters. The second kappa shape index (κ2) is 3.41. The summed E-state index contributed by atoms with van der Waals surface area (Å²) in [6.07, 6.45) is 3.41. The zero-order valence-electron chi connectivity index (χ0n) is 9.39. The maximum absolute atomic E-state index is 10.8. The summed E-state index contributed by atoms with van der Waals surface area (Å²) in [6, 6.07) is 0. The van der Waals surface area contributed by atoms with Crippen LogP contribution in [0, 0.1) is 10.8 Å². The molecule has 0 radical (unpaired) electrons. The Labute approximate surface area is 86.0 Å². The monoisotopic (exact) mass is 196 g/mol. The van der Waals surface area contributed by atoms with Crippen molar-refractivity contribution in [2.24, 2.45) is 10.8 Å². The molecule has 0 unspecified atom stereocenters. The molecule has 0 aromatic rings. The van der Waals surface area contributed by atoms with E-state index >= 15 is 0 Å². The van der Waals surface area contributed by atoms with Crippen molar-refractivity contribution >= 4 is 5.97 Å². The van der Waals surface area contributed by atoms with E-state index in [1.807, 2.05) is 6.92 Å². The largest absolute Gasteiger partial charge is 0.481 e. The van der Waals surface area contributed by atoms with Crippen LogP contribution < -0.4 is 0 Å². The van der Waals surface area contributed by atoms with E-state index in [-0.39, 0.29) is 17.3 Å². The van der Waals surface area contributed by atoms with Gasteiger partial charge in [-0.15, -0.1) is 0 Å². The average Bonchev–Trinajstić information content (AvgIpc) is 1.98. The van der Waals surface area contributed by atoms with Crippen molar-refractivity contribution in [1.82, 2.24) is 0 Å². The van der Waals surface area contributed by atoms with Gasteiger partial charge >= 0.3 is 5.97 Å². The van der Waals surface area contributed by atoms with Crippen LogP contribution in [-0.4, -0.2) is 11.1 Å². The molecule has 0 heterocycles. The molecule has 0 spiro atoms. The van der Waals surface area contributed by atoms with E-state index in [4.69, 9.17) is 5.11 Å². The Balaban J connectivity index is 2.88. The van der Waals surface area contributed by atoms with Crippen molar-refractivity contribution < 1.29 is 9.90 Å². The molecule has 14 heavy (non-hydrogen) atoms. The number of hydrogen-bond donors (Lipinski definition) is 1. The van der Waals surface area contributed by atoms with Gasteiger partial charge in [0.05, 0.1) is 6.42 Å². The Kier molecular flexibility index (Phi) is 2.75. The van der Waals surface area contributed by atoms with Gasteiger partial charge in [-0.05, 0) is 23.7 Å². The third-order valence-electron chi connectivity index (χ3n) is 3.62. The number of rotatable bonds is 2. The van der Waals surface area contributed by atoms with Gasteiger partial charge < -0.3 is 5.11 Å². The summed E-state index contributed by atoms with van der Waals surface area (Å²) < 4.78 is 0. The normalized spacial score (nSPS) is 31.5. The third kappa shape index (κ3) is 1.99. The summed E-state index contributed by atoms with van der Waals surface area (Å²) in [7, 11) is 0. The third-order valence-corrected chi connectivity index (χ3v) is 3.62. The number of carboxylic acid groups (broad SMARTS) is 1. The topological polar surface area (TPSA) is 37.3 Å². The Morgan fingerprint density at radius 2 is 2.00 bits per heavy atom. The van der Waals surface area contributed by atoms with Crippen molar-refractivity contribution in [1.29, 1.82) is 0 Å². The number of carbonyl (C=O) groups is 1. The van der Waals surface area contributed by atoms with Crippen LogP contribution in [-0.2, 0) is 4.79 Å². The quantitative estimate of drug-likeness (QED) is 0.688. The highest BCUT2D eigenvalue weighted by Crippen LogP contribution is 2.51. The van der Waals surface area contributed by atoms with Crippen LogP contribution in [0.5, 0.6) is 0 Å². The Bertz CT molecular complexity index is 265. The van der Waals surface area contributed by atoms with Gasteiger partial charge in [0.2, 0.25) is 0 Å². The molecular weight excluding hydrogens is 176 g/mol. The SMILES string of the molecule is C=C1C(C)(C)CCC[C@@]1(C)CC(=O)O. The van der Waals surface area contributed by atoms with Gasteiger partial charge in [0, 0.05) is 0 Å². The fraction of sp³-hybridized carbons (Fsp3) is 0.750. The van der Waals surface area contributed by atoms with Gasteiger partial charge in [-0.25, -0.2) is 0 Å². The molecule has 0 amide bonds. The minimum absolute atomic E-state index is 0.0997. The molecule has 80 valence electrons. The minimum atomic E-state index is -0.716. The summed E-state index contributed by atoms with van der Waals surface area (Å²) >= 11 is 0. The Hall–Kier alpha value is -0.790. The molecule has 0 aromatic heterocycles. The fourth-order valence-electron chi connectivity index (χ4n) is 2.57. The van der Waals surface area contributed by atoms with Crippen LogP contribution >= 0.6 is 0 Å². The summed E-state index contributed by atoms with van der Waals surface area (Å²) in [5.74, 6) is -0.716. The van der Waals surface area contributed by atoms with Crippen LogP contribution in [0.2, 0.25) is 0 Å². The van der Waals surface area contributed by atoms with E-state index in [0.29, 0.717) is 0 Å². The average molecular weight is 196 g/mol. The van der Waals surface area contributed by atoms with Gasteiger partial charge in [0.1, 0.15) is 0 Å². The molecule has 1 aliphatic rings. The molecular formula is C12H20O2. The van der Waals surface area contributed by atoms with Gasteiger partial charge in [0.25, 0.3) is 0 Å². The number of hydrogen-bond acceptors (Lipinski definition) is 1. The number of carboxylic acids is 1. The second-order valence-electron chi connectivity index (χ2n) is 5.35. The molecule has 2 nitrogen and oxygen atoms in total. The number of allylic oxidation sites excluding steroid dienone is 1. The first-order valence-corrected chi connectivity index (χ1v) is 5.20.